The second-order valence-corrected chi connectivity index (χ2v) is 22.2. The molecule has 18 heteroatoms. The van der Waals surface area contributed by atoms with Crippen LogP contribution in [0.1, 0.15) is 132 Å². The van der Waals surface area contributed by atoms with Crippen molar-refractivity contribution in [2.45, 2.75) is 193 Å². The topological polar surface area (TPSA) is 262 Å². The highest BCUT2D eigenvalue weighted by molar-refractivity contribution is 6.39. The highest BCUT2D eigenvalue weighted by Crippen LogP contribution is 2.38. The number of methoxy groups -OCH3 is 3. The van der Waals surface area contributed by atoms with E-state index < -0.39 is 132 Å². The Bertz CT molecular complexity index is 2060. The van der Waals surface area contributed by atoms with Crippen LogP contribution in [0.2, 0.25) is 0 Å². The summed E-state index contributed by atoms with van der Waals surface area (Å²) in [7, 11) is 4.33. The molecule has 2 bridgehead atoms. The molecule has 4 aliphatic rings. The first-order valence-electron chi connectivity index (χ1n) is 26.4. The molecule has 1 aliphatic carbocycles. The van der Waals surface area contributed by atoms with Gasteiger partial charge in [-0.25, -0.2) is 4.79 Å². The molecule has 2 saturated heterocycles. The van der Waals surface area contributed by atoms with Gasteiger partial charge in [-0.2, -0.15) is 0 Å². The number of piperidine rings is 1. The number of nitrogens with zero attached hydrogens (tertiary/aromatic N) is 1. The fourth-order valence-electron chi connectivity index (χ4n) is 10.7. The number of carbonyl (C=O) groups excluding carboxylic acids is 6. The maximum Gasteiger partial charge on any atom is 0.329 e. The van der Waals surface area contributed by atoms with Crippen molar-refractivity contribution >= 4 is 35.2 Å². The van der Waals surface area contributed by atoms with Gasteiger partial charge in [0.15, 0.2) is 5.78 Å². The Kier molecular flexibility index (Phi) is 23.6. The number of cyclic esters (lactones) is 1. The predicted octanol–water partition coefficient (Wildman–Crippen LogP) is 4.84. The van der Waals surface area contributed by atoms with Crippen LogP contribution in [0.3, 0.4) is 0 Å². The van der Waals surface area contributed by atoms with Gasteiger partial charge in [-0.15, -0.1) is 0 Å². The summed E-state index contributed by atoms with van der Waals surface area (Å²) in [6, 6.07) is -1.22. The van der Waals surface area contributed by atoms with Crippen molar-refractivity contribution in [2.75, 3.05) is 41.1 Å². The molecule has 74 heavy (non-hydrogen) atoms. The van der Waals surface area contributed by atoms with Gasteiger partial charge in [-0.1, -0.05) is 64.2 Å². The molecular weight excluding hydrogens is 959 g/mol. The Morgan fingerprint density at radius 3 is 2.20 bits per heavy atom. The molecule has 1 unspecified atom stereocenters. The molecule has 0 spiro atoms. The van der Waals surface area contributed by atoms with Crippen LogP contribution < -0.4 is 0 Å². The molecule has 3 aliphatic heterocycles. The minimum atomic E-state index is -2.50. The number of aliphatic hydroxyl groups is 5. The van der Waals surface area contributed by atoms with E-state index in [9.17, 15) is 54.3 Å². The smallest absolute Gasteiger partial charge is 0.329 e. The van der Waals surface area contributed by atoms with Gasteiger partial charge in [-0.3, -0.25) is 24.0 Å². The minimum Gasteiger partial charge on any atom is -0.460 e. The van der Waals surface area contributed by atoms with Crippen molar-refractivity contribution in [1.29, 1.82) is 0 Å². The van der Waals surface area contributed by atoms with E-state index in [0.717, 1.165) is 10.5 Å². The molecule has 18 nitrogen and oxygen atoms in total. The molecule has 3 heterocycles. The minimum absolute atomic E-state index is 0.00808. The maximum atomic E-state index is 14.5. The summed E-state index contributed by atoms with van der Waals surface area (Å²) in [5.41, 5.74) is -1.85. The van der Waals surface area contributed by atoms with Gasteiger partial charge in [0.1, 0.15) is 41.7 Å². The van der Waals surface area contributed by atoms with E-state index >= 15 is 0 Å². The Morgan fingerprint density at radius 2 is 1.57 bits per heavy atom. The Balaban J connectivity index is 1.71. The molecule has 1 amide bonds. The zero-order valence-corrected chi connectivity index (χ0v) is 45.7. The van der Waals surface area contributed by atoms with Gasteiger partial charge in [-0.05, 0) is 115 Å². The van der Waals surface area contributed by atoms with Crippen molar-refractivity contribution in [1.82, 2.24) is 4.90 Å². The van der Waals surface area contributed by atoms with Crippen molar-refractivity contribution in [2.24, 2.45) is 35.0 Å². The van der Waals surface area contributed by atoms with Crippen LogP contribution in [0.25, 0.3) is 0 Å². The zero-order valence-electron chi connectivity index (χ0n) is 45.7. The molecule has 15 atom stereocenters. The van der Waals surface area contributed by atoms with E-state index in [-0.39, 0.29) is 49.5 Å². The van der Waals surface area contributed by atoms with Crippen LogP contribution in [0.4, 0.5) is 0 Å². The van der Waals surface area contributed by atoms with Gasteiger partial charge < -0.3 is 58.9 Å². The van der Waals surface area contributed by atoms with Crippen molar-refractivity contribution < 1.29 is 82.7 Å². The molecular formula is C56H87NO17. The number of Topliss-reactive ketones (excluding diaryl/α,β-unsaturated/α-hetero) is 3. The normalized spacial score (nSPS) is 38.1. The van der Waals surface area contributed by atoms with E-state index in [0.29, 0.717) is 51.4 Å². The first kappa shape index (κ1) is 62.6. The molecule has 4 rings (SSSR count). The van der Waals surface area contributed by atoms with E-state index in [1.807, 2.05) is 19.9 Å². The van der Waals surface area contributed by atoms with E-state index in [1.165, 1.54) is 34.3 Å². The fraction of sp³-hybridized carbons (Fsp3) is 0.750. The second kappa shape index (κ2) is 27.9. The van der Waals surface area contributed by atoms with E-state index in [1.54, 1.807) is 58.9 Å². The summed E-state index contributed by atoms with van der Waals surface area (Å²) in [6.45, 7) is 12.0. The standard InChI is InChI=1S/C56H87NO17/c1-33-17-13-12-15-23-55(8,67)30-37(5)48(62)49(71-11)47(61)36(4)25-34(2)42(60)29-45(35(3)26-39-20-22-43(46(27-39)70-10)73-53(66)54(7,31-58)32-59)72-52(65)41-18-14-16-24-57(41)51(64)50(63)56(68)38(6)19-21-40(74-56)28-44(33)69-9/h12-13,15,17,23,25,34-35,37-41,43-47,49,58-59,61,67-68H,14,16,18-22,24,26-32H2,1-11H3/b13-12+,23-15+,33-17+,36-25+/t34-,35-,37-,38-,39+,40?,41+,43-,44+,45+,46-,47-,49-,55+,56-/m1/s1. The van der Waals surface area contributed by atoms with Crippen LogP contribution >= 0.6 is 0 Å². The summed E-state index contributed by atoms with van der Waals surface area (Å²) in [5.74, 6) is -10.0. The van der Waals surface area contributed by atoms with Crippen LogP contribution in [-0.2, 0) is 57.2 Å². The number of ketones is 3. The largest absolute Gasteiger partial charge is 0.460 e. The molecule has 0 aromatic carbocycles. The second-order valence-electron chi connectivity index (χ2n) is 22.2. The predicted molar refractivity (Wildman–Crippen MR) is 273 cm³/mol. The highest BCUT2D eigenvalue weighted by Gasteiger charge is 2.53. The molecule has 0 aromatic rings. The monoisotopic (exact) mass is 1050 g/mol. The van der Waals surface area contributed by atoms with Gasteiger partial charge in [0.2, 0.25) is 5.79 Å². The molecule has 1 saturated carbocycles. The third-order valence-corrected chi connectivity index (χ3v) is 15.9. The summed E-state index contributed by atoms with van der Waals surface area (Å²) in [4.78, 5) is 85.4. The van der Waals surface area contributed by atoms with Gasteiger partial charge in [0, 0.05) is 58.5 Å². The molecule has 0 radical (unpaired) electrons. The number of amides is 1. The Labute approximate surface area is 437 Å². The first-order chi connectivity index (χ1) is 34.8. The lowest BCUT2D eigenvalue weighted by atomic mass is 9.78. The van der Waals surface area contributed by atoms with Crippen LogP contribution in [-0.4, -0.2) is 167 Å². The third kappa shape index (κ3) is 16.0. The number of aliphatic hydroxyl groups excluding tert-OH is 3. The van der Waals surface area contributed by atoms with Gasteiger partial charge in [0.05, 0.1) is 37.1 Å². The fourth-order valence-corrected chi connectivity index (χ4v) is 10.7. The Hall–Kier alpha value is -3.98. The summed E-state index contributed by atoms with van der Waals surface area (Å²) < 4.78 is 35.3. The average Bonchev–Trinajstić information content (AvgIpc) is 3.37. The summed E-state index contributed by atoms with van der Waals surface area (Å²) >= 11 is 0. The Morgan fingerprint density at radius 1 is 0.878 bits per heavy atom. The lowest BCUT2D eigenvalue weighted by Gasteiger charge is -2.42. The van der Waals surface area contributed by atoms with Crippen LogP contribution in [0.5, 0.6) is 0 Å². The summed E-state index contributed by atoms with van der Waals surface area (Å²) in [5, 5.41) is 54.4. The molecule has 3 fully saturated rings. The number of hydrogen-bond acceptors (Lipinski definition) is 17. The van der Waals surface area contributed by atoms with E-state index in [2.05, 4.69) is 0 Å². The lowest BCUT2D eigenvalue weighted by Crippen LogP contribution is -2.61. The zero-order chi connectivity index (χ0) is 55.3. The number of carbonyl (C=O) groups is 6. The van der Waals surface area contributed by atoms with Crippen molar-refractivity contribution in [3.05, 3.63) is 47.6 Å². The number of allylic oxidation sites excluding steroid dienone is 5. The van der Waals surface area contributed by atoms with Crippen LogP contribution in [0, 0.1) is 35.0 Å². The number of esters is 2. The molecule has 418 valence electrons. The molecule has 0 aromatic heterocycles. The number of rotatable bonds is 10. The quantitative estimate of drug-likeness (QED) is 0.111. The lowest BCUT2D eigenvalue weighted by molar-refractivity contribution is -0.265. The summed E-state index contributed by atoms with van der Waals surface area (Å²) in [6.07, 6.45) is 7.63. The van der Waals surface area contributed by atoms with Crippen LogP contribution in [0.15, 0.2) is 47.6 Å². The average molecular weight is 1050 g/mol. The number of fused-ring (bicyclic) bond motifs is 3. The molecule has 5 N–H and O–H groups in total. The van der Waals surface area contributed by atoms with Gasteiger partial charge in [0.25, 0.3) is 11.7 Å². The number of hydrogen-bond donors (Lipinski definition) is 5. The number of ether oxygens (including phenoxy) is 6. The first-order valence-corrected chi connectivity index (χ1v) is 26.4. The van der Waals surface area contributed by atoms with Crippen molar-refractivity contribution in [3.63, 3.8) is 0 Å². The van der Waals surface area contributed by atoms with Gasteiger partial charge >= 0.3 is 11.9 Å². The maximum absolute atomic E-state index is 14.5. The third-order valence-electron chi connectivity index (χ3n) is 15.9. The SMILES string of the molecule is CO[C@H]1CC2CC[C@@H](C)[C@@](O)(O2)C(=O)C(=O)N2CCCC[C@H]2C(=O)O[C@H]([C@H](C)C[C@@H]2CC[C@@H](OC(=O)C(C)(CO)CO)[C@H](OC)C2)CC(=O)[C@H](C)/C=C(\C)[C@@H](O)[C@@H](OC)C(=O)[C@H](C)C[C@@](C)(O)/C=C/C=C/C=C/1C. The van der Waals surface area contributed by atoms with E-state index in [4.69, 9.17) is 28.4 Å². The highest BCUT2D eigenvalue weighted by atomic mass is 16.6. The van der Waals surface area contributed by atoms with Crippen molar-refractivity contribution in [3.8, 4) is 0 Å².